The highest BCUT2D eigenvalue weighted by molar-refractivity contribution is 4.77. The standard InChI is InChI=1S/C8H18O.2C8H16O/c1-7(2)5-9-6-8(3)4;2*1-7(2)5-6-9-8(3)4/h7-8H,5-6H2,1-4H3;2*5-8H,1-4H3/b;2*6-5-. The highest BCUT2D eigenvalue weighted by Crippen LogP contribution is 1.97. The van der Waals surface area contributed by atoms with Gasteiger partial charge in [-0.3, -0.25) is 0 Å². The Morgan fingerprint density at radius 2 is 0.815 bits per heavy atom. The Balaban J connectivity index is -0.000000320. The van der Waals surface area contributed by atoms with Crippen molar-refractivity contribution in [2.45, 2.75) is 95.3 Å². The second kappa shape index (κ2) is 21.3. The minimum atomic E-state index is 0.306. The predicted octanol–water partition coefficient (Wildman–Crippen LogP) is 7.48. The minimum Gasteiger partial charge on any atom is -0.499 e. The zero-order valence-electron chi connectivity index (χ0n) is 20.4. The fourth-order valence-corrected chi connectivity index (χ4v) is 1.26. The van der Waals surface area contributed by atoms with Gasteiger partial charge in [0.15, 0.2) is 0 Å². The number of hydrogen-bond acceptors (Lipinski definition) is 3. The summed E-state index contributed by atoms with van der Waals surface area (Å²) < 4.78 is 15.7. The summed E-state index contributed by atoms with van der Waals surface area (Å²) in [6, 6.07) is 0. The van der Waals surface area contributed by atoms with Crippen LogP contribution in [0.5, 0.6) is 0 Å². The van der Waals surface area contributed by atoms with Crippen molar-refractivity contribution in [2.24, 2.45) is 23.7 Å². The quantitative estimate of drug-likeness (QED) is 0.364. The van der Waals surface area contributed by atoms with Crippen LogP contribution in [0.15, 0.2) is 24.7 Å². The van der Waals surface area contributed by atoms with Gasteiger partial charge in [0.05, 0.1) is 24.7 Å². The van der Waals surface area contributed by atoms with E-state index >= 15 is 0 Å². The molecule has 3 nitrogen and oxygen atoms in total. The van der Waals surface area contributed by atoms with Gasteiger partial charge < -0.3 is 14.2 Å². The molecule has 0 aromatic rings. The molecular formula is C24H50O3. The number of rotatable bonds is 10. The van der Waals surface area contributed by atoms with E-state index in [-0.39, 0.29) is 0 Å². The van der Waals surface area contributed by atoms with E-state index in [1.54, 1.807) is 12.5 Å². The molecule has 0 radical (unpaired) electrons. The number of hydrogen-bond donors (Lipinski definition) is 0. The first kappa shape index (κ1) is 30.8. The van der Waals surface area contributed by atoms with E-state index in [0.29, 0.717) is 35.9 Å². The number of allylic oxidation sites excluding steroid dienone is 2. The molecule has 0 aliphatic heterocycles. The summed E-state index contributed by atoms with van der Waals surface area (Å²) in [5.41, 5.74) is 0. The summed E-state index contributed by atoms with van der Waals surface area (Å²) in [6.07, 6.45) is 8.24. The first-order valence-electron chi connectivity index (χ1n) is 10.6. The van der Waals surface area contributed by atoms with E-state index in [1.165, 1.54) is 0 Å². The summed E-state index contributed by atoms with van der Waals surface area (Å²) in [6.45, 7) is 27.0. The average Bonchev–Trinajstić information content (AvgIpc) is 2.46. The summed E-state index contributed by atoms with van der Waals surface area (Å²) in [5, 5.41) is 0. The van der Waals surface area contributed by atoms with Crippen molar-refractivity contribution in [3.05, 3.63) is 24.7 Å². The molecule has 0 atom stereocenters. The fraction of sp³-hybridized carbons (Fsp3) is 0.833. The van der Waals surface area contributed by atoms with Gasteiger partial charge in [-0.05, 0) is 63.5 Å². The Bertz CT molecular complexity index is 295. The molecule has 0 N–H and O–H groups in total. The molecule has 0 fully saturated rings. The van der Waals surface area contributed by atoms with Crippen molar-refractivity contribution in [3.63, 3.8) is 0 Å². The molecule has 0 aliphatic carbocycles. The molecule has 27 heavy (non-hydrogen) atoms. The molecule has 0 aromatic carbocycles. The van der Waals surface area contributed by atoms with Crippen LogP contribution in [-0.4, -0.2) is 25.4 Å². The molecule has 0 spiro atoms. The SMILES string of the molecule is CC(C)/C=C\OC(C)C.CC(C)/C=C\OC(C)C.CC(C)COCC(C)C. The van der Waals surface area contributed by atoms with Gasteiger partial charge >= 0.3 is 0 Å². The largest absolute Gasteiger partial charge is 0.499 e. The minimum absolute atomic E-state index is 0.306. The van der Waals surface area contributed by atoms with E-state index < -0.39 is 0 Å². The van der Waals surface area contributed by atoms with Crippen molar-refractivity contribution in [2.75, 3.05) is 13.2 Å². The summed E-state index contributed by atoms with van der Waals surface area (Å²) >= 11 is 0. The maximum Gasteiger partial charge on any atom is 0.0922 e. The summed E-state index contributed by atoms with van der Waals surface area (Å²) in [7, 11) is 0. The maximum atomic E-state index is 5.36. The van der Waals surface area contributed by atoms with Crippen LogP contribution in [0.25, 0.3) is 0 Å². The molecule has 0 heterocycles. The lowest BCUT2D eigenvalue weighted by Gasteiger charge is -2.07. The van der Waals surface area contributed by atoms with Gasteiger partial charge in [0.2, 0.25) is 0 Å². The highest BCUT2D eigenvalue weighted by atomic mass is 16.5. The van der Waals surface area contributed by atoms with E-state index in [0.717, 1.165) is 13.2 Å². The molecule has 0 bridgehead atoms. The van der Waals surface area contributed by atoms with Crippen LogP contribution in [0, 0.1) is 23.7 Å². The molecule has 3 heteroatoms. The smallest absolute Gasteiger partial charge is 0.0922 e. The fourth-order valence-electron chi connectivity index (χ4n) is 1.26. The zero-order chi connectivity index (χ0) is 21.8. The van der Waals surface area contributed by atoms with Crippen LogP contribution in [0.3, 0.4) is 0 Å². The third kappa shape index (κ3) is 45.8. The zero-order valence-corrected chi connectivity index (χ0v) is 20.4. The lowest BCUT2D eigenvalue weighted by Crippen LogP contribution is -2.06. The van der Waals surface area contributed by atoms with Gasteiger partial charge in [-0.25, -0.2) is 0 Å². The van der Waals surface area contributed by atoms with Crippen molar-refractivity contribution >= 4 is 0 Å². The third-order valence-corrected chi connectivity index (χ3v) is 2.53. The lowest BCUT2D eigenvalue weighted by molar-refractivity contribution is 0.0886. The normalized spacial score (nSPS) is 11.6. The monoisotopic (exact) mass is 386 g/mol. The topological polar surface area (TPSA) is 27.7 Å². The van der Waals surface area contributed by atoms with E-state index in [1.807, 2.05) is 39.8 Å². The van der Waals surface area contributed by atoms with Crippen LogP contribution in [-0.2, 0) is 14.2 Å². The van der Waals surface area contributed by atoms with E-state index in [4.69, 9.17) is 14.2 Å². The molecule has 0 rings (SSSR count). The van der Waals surface area contributed by atoms with Crippen molar-refractivity contribution in [1.29, 1.82) is 0 Å². The Morgan fingerprint density at radius 3 is 1.00 bits per heavy atom. The van der Waals surface area contributed by atoms with Gasteiger partial charge in [0.1, 0.15) is 0 Å². The average molecular weight is 387 g/mol. The Labute approximate surface area is 171 Å². The molecular weight excluding hydrogens is 336 g/mol. The van der Waals surface area contributed by atoms with Crippen LogP contribution >= 0.6 is 0 Å². The Hall–Kier alpha value is -0.960. The molecule has 0 saturated heterocycles. The van der Waals surface area contributed by atoms with Crippen LogP contribution in [0.1, 0.15) is 83.1 Å². The maximum absolute atomic E-state index is 5.36. The first-order valence-corrected chi connectivity index (χ1v) is 10.6. The third-order valence-electron chi connectivity index (χ3n) is 2.53. The second-order valence-electron chi connectivity index (χ2n) is 8.84. The van der Waals surface area contributed by atoms with Gasteiger partial charge in [-0.15, -0.1) is 0 Å². The van der Waals surface area contributed by atoms with E-state index in [9.17, 15) is 0 Å². The molecule has 0 amide bonds. The van der Waals surface area contributed by atoms with Gasteiger partial charge in [0.25, 0.3) is 0 Å². The van der Waals surface area contributed by atoms with Crippen molar-refractivity contribution < 1.29 is 14.2 Å². The van der Waals surface area contributed by atoms with Crippen molar-refractivity contribution in [1.82, 2.24) is 0 Å². The predicted molar refractivity (Wildman–Crippen MR) is 121 cm³/mol. The summed E-state index contributed by atoms with van der Waals surface area (Å²) in [4.78, 5) is 0. The molecule has 0 saturated carbocycles. The molecule has 0 aliphatic rings. The highest BCUT2D eigenvalue weighted by Gasteiger charge is 1.95. The van der Waals surface area contributed by atoms with Crippen LogP contribution < -0.4 is 0 Å². The van der Waals surface area contributed by atoms with Gasteiger partial charge in [-0.1, -0.05) is 55.4 Å². The van der Waals surface area contributed by atoms with Crippen molar-refractivity contribution in [3.8, 4) is 0 Å². The lowest BCUT2D eigenvalue weighted by atomic mass is 10.2. The first-order chi connectivity index (χ1) is 12.4. The Kier molecular flexibility index (Phi) is 24.3. The Morgan fingerprint density at radius 1 is 0.519 bits per heavy atom. The second-order valence-corrected chi connectivity index (χ2v) is 8.84. The van der Waals surface area contributed by atoms with Gasteiger partial charge in [-0.2, -0.15) is 0 Å². The molecule has 164 valence electrons. The molecule has 0 unspecified atom stereocenters. The number of ether oxygens (including phenoxy) is 3. The summed E-state index contributed by atoms with van der Waals surface area (Å²) in [5.74, 6) is 2.51. The molecule has 0 aromatic heterocycles. The van der Waals surface area contributed by atoms with E-state index in [2.05, 4.69) is 55.4 Å². The van der Waals surface area contributed by atoms with Crippen LogP contribution in [0.2, 0.25) is 0 Å². The van der Waals surface area contributed by atoms with Crippen LogP contribution in [0.4, 0.5) is 0 Å². The van der Waals surface area contributed by atoms with Gasteiger partial charge in [0, 0.05) is 13.2 Å².